The Morgan fingerprint density at radius 2 is 1.63 bits per heavy atom. The standard InChI is InChI=1S/C24H24N2O3S/c1-18-12-14-20(15-13-18)30(27,28)26(3)24-16-21-22(25(24)2)10-7-11-23(21)29-17-19-8-5-4-6-9-19/h4-16H,17H2,1-3H3. The van der Waals surface area contributed by atoms with Gasteiger partial charge in [-0.05, 0) is 42.8 Å². The van der Waals surface area contributed by atoms with E-state index in [4.69, 9.17) is 4.74 Å². The van der Waals surface area contributed by atoms with Gasteiger partial charge < -0.3 is 9.30 Å². The largest absolute Gasteiger partial charge is 0.488 e. The van der Waals surface area contributed by atoms with Crippen LogP contribution >= 0.6 is 0 Å². The molecule has 0 aliphatic carbocycles. The highest BCUT2D eigenvalue weighted by molar-refractivity contribution is 7.92. The Hall–Kier alpha value is -3.25. The fraction of sp³-hybridized carbons (Fsp3) is 0.167. The average molecular weight is 421 g/mol. The van der Waals surface area contributed by atoms with Gasteiger partial charge in [-0.2, -0.15) is 0 Å². The van der Waals surface area contributed by atoms with Gasteiger partial charge in [-0.3, -0.25) is 4.31 Å². The van der Waals surface area contributed by atoms with Gasteiger partial charge in [0, 0.05) is 19.5 Å². The second-order valence-corrected chi connectivity index (χ2v) is 9.28. The molecule has 0 N–H and O–H groups in total. The Kier molecular flexibility index (Phi) is 5.26. The summed E-state index contributed by atoms with van der Waals surface area (Å²) in [5.41, 5.74) is 2.99. The van der Waals surface area contributed by atoms with Crippen LogP contribution in [0.1, 0.15) is 11.1 Å². The summed E-state index contributed by atoms with van der Waals surface area (Å²) in [6.45, 7) is 2.38. The molecule has 4 rings (SSSR count). The third-order valence-electron chi connectivity index (χ3n) is 5.26. The van der Waals surface area contributed by atoms with E-state index in [1.165, 1.54) is 4.31 Å². The van der Waals surface area contributed by atoms with Crippen LogP contribution in [0, 0.1) is 6.92 Å². The van der Waals surface area contributed by atoms with Crippen LogP contribution in [-0.2, 0) is 23.7 Å². The molecule has 1 heterocycles. The number of aryl methyl sites for hydroxylation is 2. The first-order valence-electron chi connectivity index (χ1n) is 9.69. The number of hydrogen-bond acceptors (Lipinski definition) is 3. The quantitative estimate of drug-likeness (QED) is 0.446. The summed E-state index contributed by atoms with van der Waals surface area (Å²) in [4.78, 5) is 0.265. The molecule has 30 heavy (non-hydrogen) atoms. The molecule has 0 atom stereocenters. The van der Waals surface area contributed by atoms with Crippen molar-refractivity contribution >= 4 is 26.7 Å². The normalized spacial score (nSPS) is 11.6. The van der Waals surface area contributed by atoms with E-state index in [0.29, 0.717) is 12.4 Å². The third kappa shape index (κ3) is 3.66. The Balaban J connectivity index is 1.70. The van der Waals surface area contributed by atoms with Crippen molar-refractivity contribution in [2.24, 2.45) is 7.05 Å². The zero-order valence-corrected chi connectivity index (χ0v) is 18.1. The van der Waals surface area contributed by atoms with Crippen LogP contribution in [0.25, 0.3) is 10.9 Å². The van der Waals surface area contributed by atoms with E-state index < -0.39 is 10.0 Å². The lowest BCUT2D eigenvalue weighted by Crippen LogP contribution is -2.28. The molecule has 4 aromatic rings. The van der Waals surface area contributed by atoms with Crippen LogP contribution in [0.2, 0.25) is 0 Å². The molecular formula is C24H24N2O3S. The van der Waals surface area contributed by atoms with Gasteiger partial charge in [-0.1, -0.05) is 54.1 Å². The number of rotatable bonds is 6. The fourth-order valence-corrected chi connectivity index (χ4v) is 4.69. The Morgan fingerprint density at radius 1 is 0.933 bits per heavy atom. The highest BCUT2D eigenvalue weighted by Gasteiger charge is 2.24. The number of fused-ring (bicyclic) bond motifs is 1. The topological polar surface area (TPSA) is 51.5 Å². The van der Waals surface area contributed by atoms with E-state index in [1.807, 2.05) is 73.1 Å². The number of anilines is 1. The molecule has 5 nitrogen and oxygen atoms in total. The number of ether oxygens (including phenoxy) is 1. The molecule has 0 saturated carbocycles. The molecule has 3 aromatic carbocycles. The highest BCUT2D eigenvalue weighted by Crippen LogP contribution is 2.34. The molecule has 0 radical (unpaired) electrons. The smallest absolute Gasteiger partial charge is 0.265 e. The van der Waals surface area contributed by atoms with Gasteiger partial charge in [0.2, 0.25) is 0 Å². The molecule has 0 amide bonds. The Morgan fingerprint density at radius 3 is 2.33 bits per heavy atom. The van der Waals surface area contributed by atoms with Crippen molar-refractivity contribution in [1.29, 1.82) is 0 Å². The molecule has 0 unspecified atom stereocenters. The predicted molar refractivity (Wildman–Crippen MR) is 120 cm³/mol. The Bertz CT molecular complexity index is 1280. The van der Waals surface area contributed by atoms with E-state index in [2.05, 4.69) is 0 Å². The van der Waals surface area contributed by atoms with E-state index in [1.54, 1.807) is 31.3 Å². The molecular weight excluding hydrogens is 396 g/mol. The molecule has 154 valence electrons. The molecule has 0 bridgehead atoms. The van der Waals surface area contributed by atoms with Crippen LogP contribution < -0.4 is 9.04 Å². The minimum Gasteiger partial charge on any atom is -0.488 e. The van der Waals surface area contributed by atoms with Crippen LogP contribution in [-0.4, -0.2) is 20.0 Å². The van der Waals surface area contributed by atoms with E-state index in [-0.39, 0.29) is 4.90 Å². The highest BCUT2D eigenvalue weighted by atomic mass is 32.2. The summed E-state index contributed by atoms with van der Waals surface area (Å²) in [5.74, 6) is 1.29. The fourth-order valence-electron chi connectivity index (χ4n) is 3.47. The Labute approximate surface area is 177 Å². The maximum absolute atomic E-state index is 13.1. The monoisotopic (exact) mass is 420 g/mol. The third-order valence-corrected chi connectivity index (χ3v) is 7.04. The number of hydrogen-bond donors (Lipinski definition) is 0. The van der Waals surface area contributed by atoms with Crippen molar-refractivity contribution in [1.82, 2.24) is 4.57 Å². The van der Waals surface area contributed by atoms with Crippen molar-refractivity contribution < 1.29 is 13.2 Å². The first kappa shape index (κ1) is 20.0. The number of aromatic nitrogens is 1. The molecule has 0 aliphatic rings. The maximum Gasteiger partial charge on any atom is 0.265 e. The lowest BCUT2D eigenvalue weighted by Gasteiger charge is -2.20. The van der Waals surface area contributed by atoms with Gasteiger partial charge >= 0.3 is 0 Å². The summed E-state index contributed by atoms with van der Waals surface area (Å²) in [5, 5.41) is 0.872. The summed E-state index contributed by atoms with van der Waals surface area (Å²) in [6, 6.07) is 24.5. The van der Waals surface area contributed by atoms with Crippen molar-refractivity contribution in [3.05, 3.63) is 90.0 Å². The first-order chi connectivity index (χ1) is 14.4. The lowest BCUT2D eigenvalue weighted by atomic mass is 10.2. The van der Waals surface area contributed by atoms with Gasteiger partial charge in [0.1, 0.15) is 18.2 Å². The summed E-state index contributed by atoms with van der Waals surface area (Å²) < 4.78 is 35.5. The van der Waals surface area contributed by atoms with Crippen LogP contribution in [0.3, 0.4) is 0 Å². The van der Waals surface area contributed by atoms with Crippen molar-refractivity contribution in [3.8, 4) is 5.75 Å². The van der Waals surface area contributed by atoms with Crippen molar-refractivity contribution in [2.75, 3.05) is 11.4 Å². The molecule has 6 heteroatoms. The van der Waals surface area contributed by atoms with Gasteiger partial charge in [0.05, 0.1) is 10.4 Å². The first-order valence-corrected chi connectivity index (χ1v) is 11.1. The average Bonchev–Trinajstić information content (AvgIpc) is 3.10. The maximum atomic E-state index is 13.1. The van der Waals surface area contributed by atoms with E-state index in [9.17, 15) is 8.42 Å². The lowest BCUT2D eigenvalue weighted by molar-refractivity contribution is 0.310. The molecule has 0 aliphatic heterocycles. The van der Waals surface area contributed by atoms with Crippen molar-refractivity contribution in [3.63, 3.8) is 0 Å². The summed E-state index contributed by atoms with van der Waals surface area (Å²) >= 11 is 0. The summed E-state index contributed by atoms with van der Waals surface area (Å²) in [7, 11) is -0.237. The molecule has 0 fully saturated rings. The molecule has 1 aromatic heterocycles. The molecule has 0 spiro atoms. The van der Waals surface area contributed by atoms with Crippen LogP contribution in [0.4, 0.5) is 5.82 Å². The van der Waals surface area contributed by atoms with Gasteiger partial charge in [0.15, 0.2) is 0 Å². The van der Waals surface area contributed by atoms with E-state index >= 15 is 0 Å². The van der Waals surface area contributed by atoms with E-state index in [0.717, 1.165) is 27.8 Å². The van der Waals surface area contributed by atoms with Crippen molar-refractivity contribution in [2.45, 2.75) is 18.4 Å². The second-order valence-electron chi connectivity index (χ2n) is 7.31. The van der Waals surface area contributed by atoms with Crippen LogP contribution in [0.15, 0.2) is 83.8 Å². The molecule has 0 saturated heterocycles. The summed E-state index contributed by atoms with van der Waals surface area (Å²) in [6.07, 6.45) is 0. The zero-order chi connectivity index (χ0) is 21.3. The number of sulfonamides is 1. The van der Waals surface area contributed by atoms with Gasteiger partial charge in [-0.15, -0.1) is 0 Å². The SMILES string of the molecule is Cc1ccc(S(=O)(=O)N(C)c2cc3c(OCc4ccccc4)cccc3n2C)cc1. The minimum absolute atomic E-state index is 0.265. The second kappa shape index (κ2) is 7.88. The van der Waals surface area contributed by atoms with Crippen LogP contribution in [0.5, 0.6) is 5.75 Å². The zero-order valence-electron chi connectivity index (χ0n) is 17.2. The van der Waals surface area contributed by atoms with Gasteiger partial charge in [-0.25, -0.2) is 8.42 Å². The number of nitrogens with zero attached hydrogens (tertiary/aromatic N) is 2. The number of benzene rings is 3. The minimum atomic E-state index is -3.68. The predicted octanol–water partition coefficient (Wildman–Crippen LogP) is 4.89. The van der Waals surface area contributed by atoms with Gasteiger partial charge in [0.25, 0.3) is 10.0 Å².